The number of aromatic hydroxyl groups is 1. The minimum absolute atomic E-state index is 0.187. The molecule has 2 aromatic heterocycles. The van der Waals surface area contributed by atoms with E-state index in [0.29, 0.717) is 17.8 Å². The summed E-state index contributed by atoms with van der Waals surface area (Å²) in [5, 5.41) is 13.3. The Kier molecular flexibility index (Phi) is 3.46. The van der Waals surface area contributed by atoms with Gasteiger partial charge in [-0.05, 0) is 32.0 Å². The lowest BCUT2D eigenvalue weighted by molar-refractivity contribution is 0.397. The summed E-state index contributed by atoms with van der Waals surface area (Å²) in [6.45, 7) is 3.71. The van der Waals surface area contributed by atoms with E-state index in [1.54, 1.807) is 31.4 Å². The van der Waals surface area contributed by atoms with E-state index < -0.39 is 0 Å². The molecule has 0 bridgehead atoms. The fourth-order valence-electron chi connectivity index (χ4n) is 2.13. The smallest absolute Gasteiger partial charge is 0.233 e. The quantitative estimate of drug-likeness (QED) is 0.767. The van der Waals surface area contributed by atoms with Gasteiger partial charge in [0.15, 0.2) is 0 Å². The Labute approximate surface area is 127 Å². The van der Waals surface area contributed by atoms with Gasteiger partial charge in [-0.3, -0.25) is 5.32 Å². The summed E-state index contributed by atoms with van der Waals surface area (Å²) in [5.74, 6) is 1.42. The van der Waals surface area contributed by atoms with E-state index in [1.807, 2.05) is 13.8 Å². The molecule has 2 N–H and O–H groups in total. The molecule has 0 aliphatic heterocycles. The first-order chi connectivity index (χ1) is 10.5. The minimum atomic E-state index is 0.187. The second kappa shape index (κ2) is 5.44. The summed E-state index contributed by atoms with van der Waals surface area (Å²) in [7, 11) is 1.55. The van der Waals surface area contributed by atoms with Gasteiger partial charge in [0, 0.05) is 17.1 Å². The van der Waals surface area contributed by atoms with E-state index in [2.05, 4.69) is 25.3 Å². The molecule has 0 aliphatic carbocycles. The van der Waals surface area contributed by atoms with Crippen LogP contribution in [0.5, 0.6) is 11.6 Å². The molecule has 0 aliphatic rings. The summed E-state index contributed by atoms with van der Waals surface area (Å²) in [4.78, 5) is 17.3. The molecular weight excluding hydrogens is 282 g/mol. The number of aromatic nitrogens is 4. The second-order valence-electron chi connectivity index (χ2n) is 4.83. The molecule has 22 heavy (non-hydrogen) atoms. The van der Waals surface area contributed by atoms with Crippen molar-refractivity contribution in [2.75, 3.05) is 12.4 Å². The van der Waals surface area contributed by atoms with Gasteiger partial charge in [-0.2, -0.15) is 4.98 Å². The first kappa shape index (κ1) is 14.0. The molecule has 112 valence electrons. The maximum absolute atomic E-state index is 9.54. The van der Waals surface area contributed by atoms with Crippen molar-refractivity contribution in [1.29, 1.82) is 0 Å². The number of nitrogens with zero attached hydrogens (tertiary/aromatic N) is 4. The Balaban J connectivity index is 2.00. The lowest BCUT2D eigenvalue weighted by Gasteiger charge is -2.08. The van der Waals surface area contributed by atoms with Crippen LogP contribution in [0.2, 0.25) is 0 Å². The second-order valence-corrected chi connectivity index (χ2v) is 4.83. The van der Waals surface area contributed by atoms with Gasteiger partial charge in [-0.1, -0.05) is 0 Å². The van der Waals surface area contributed by atoms with Crippen LogP contribution in [0.15, 0.2) is 24.3 Å². The normalized spacial score (nSPS) is 10.7. The molecular formula is C15H15N5O2. The van der Waals surface area contributed by atoms with Crippen molar-refractivity contribution in [3.8, 4) is 11.6 Å². The number of hydrogen-bond donors (Lipinski definition) is 2. The molecule has 3 aromatic rings. The van der Waals surface area contributed by atoms with Crippen LogP contribution >= 0.6 is 0 Å². The van der Waals surface area contributed by atoms with Crippen molar-refractivity contribution < 1.29 is 9.84 Å². The molecule has 3 rings (SSSR count). The van der Waals surface area contributed by atoms with Crippen molar-refractivity contribution in [3.05, 3.63) is 35.7 Å². The number of aryl methyl sites for hydroxylation is 2. The Bertz CT molecular complexity index is 851. The number of phenols is 1. The number of methoxy groups -OCH3 is 1. The Morgan fingerprint density at radius 1 is 1.00 bits per heavy atom. The van der Waals surface area contributed by atoms with Crippen molar-refractivity contribution in [2.24, 2.45) is 0 Å². The van der Waals surface area contributed by atoms with Crippen LogP contribution in [0, 0.1) is 13.8 Å². The summed E-state index contributed by atoms with van der Waals surface area (Å²) >= 11 is 0. The van der Waals surface area contributed by atoms with E-state index in [9.17, 15) is 5.11 Å². The highest BCUT2D eigenvalue weighted by Gasteiger charge is 2.08. The first-order valence-electron chi connectivity index (χ1n) is 6.69. The number of hydrogen-bond acceptors (Lipinski definition) is 7. The van der Waals surface area contributed by atoms with Crippen molar-refractivity contribution >= 4 is 22.8 Å². The number of phenolic OH excluding ortho intramolecular Hbond substituents is 1. The molecule has 1 aromatic carbocycles. The predicted octanol–water partition coefficient (Wildman–Crippen LogP) is 2.49. The SMILES string of the molecule is COc1cc(C)nc(Nc2nc(C)c3cc(O)ccc3n2)n1. The van der Waals surface area contributed by atoms with Crippen LogP contribution in [-0.2, 0) is 0 Å². The standard InChI is InChI=1S/C15H15N5O2/c1-8-6-13(22-3)19-14(16-8)20-15-17-9(2)11-7-10(21)4-5-12(11)18-15/h4-7,21H,1-3H3,(H,16,17,18,19,20). The van der Waals surface area contributed by atoms with Crippen molar-refractivity contribution in [2.45, 2.75) is 13.8 Å². The van der Waals surface area contributed by atoms with Crippen LogP contribution in [0.1, 0.15) is 11.4 Å². The lowest BCUT2D eigenvalue weighted by atomic mass is 10.2. The molecule has 0 amide bonds. The van der Waals surface area contributed by atoms with Gasteiger partial charge in [-0.15, -0.1) is 0 Å². The third-order valence-corrected chi connectivity index (χ3v) is 3.13. The monoisotopic (exact) mass is 297 g/mol. The number of anilines is 2. The molecule has 0 saturated heterocycles. The van der Waals surface area contributed by atoms with Crippen LogP contribution in [0.4, 0.5) is 11.9 Å². The van der Waals surface area contributed by atoms with Crippen LogP contribution < -0.4 is 10.1 Å². The lowest BCUT2D eigenvalue weighted by Crippen LogP contribution is -2.04. The maximum atomic E-state index is 9.54. The average molecular weight is 297 g/mol. The van der Waals surface area contributed by atoms with E-state index in [0.717, 1.165) is 22.3 Å². The summed E-state index contributed by atoms with van der Waals surface area (Å²) < 4.78 is 5.12. The fraction of sp³-hybridized carbons (Fsp3) is 0.200. The third-order valence-electron chi connectivity index (χ3n) is 3.13. The van der Waals surface area contributed by atoms with E-state index in [4.69, 9.17) is 4.74 Å². The van der Waals surface area contributed by atoms with Gasteiger partial charge >= 0.3 is 0 Å². The van der Waals surface area contributed by atoms with Crippen molar-refractivity contribution in [3.63, 3.8) is 0 Å². The highest BCUT2D eigenvalue weighted by molar-refractivity contribution is 5.83. The maximum Gasteiger partial charge on any atom is 0.233 e. The van der Waals surface area contributed by atoms with Gasteiger partial charge in [0.05, 0.1) is 18.3 Å². The van der Waals surface area contributed by atoms with Crippen LogP contribution in [0.25, 0.3) is 10.9 Å². The topological polar surface area (TPSA) is 93.0 Å². The zero-order valence-electron chi connectivity index (χ0n) is 12.5. The number of rotatable bonds is 3. The summed E-state index contributed by atoms with van der Waals surface area (Å²) in [6.07, 6.45) is 0. The molecule has 0 atom stereocenters. The first-order valence-corrected chi connectivity index (χ1v) is 6.69. The van der Waals surface area contributed by atoms with Gasteiger partial charge < -0.3 is 9.84 Å². The van der Waals surface area contributed by atoms with E-state index >= 15 is 0 Å². The Morgan fingerprint density at radius 2 is 1.77 bits per heavy atom. The van der Waals surface area contributed by atoms with Crippen molar-refractivity contribution in [1.82, 2.24) is 19.9 Å². The zero-order valence-corrected chi connectivity index (χ0v) is 12.5. The fourth-order valence-corrected chi connectivity index (χ4v) is 2.13. The molecule has 0 unspecified atom stereocenters. The number of benzene rings is 1. The third kappa shape index (κ3) is 2.73. The molecule has 0 fully saturated rings. The molecule has 7 heteroatoms. The van der Waals surface area contributed by atoms with Gasteiger partial charge in [0.1, 0.15) is 5.75 Å². The number of ether oxygens (including phenoxy) is 1. The molecule has 0 radical (unpaired) electrons. The summed E-state index contributed by atoms with van der Waals surface area (Å²) in [5.41, 5.74) is 2.26. The van der Waals surface area contributed by atoms with Crippen LogP contribution in [-0.4, -0.2) is 32.2 Å². The summed E-state index contributed by atoms with van der Waals surface area (Å²) in [6, 6.07) is 6.70. The molecule has 2 heterocycles. The highest BCUT2D eigenvalue weighted by Crippen LogP contribution is 2.23. The van der Waals surface area contributed by atoms with Gasteiger partial charge in [-0.25, -0.2) is 15.0 Å². The Hall–Kier alpha value is -2.96. The van der Waals surface area contributed by atoms with Gasteiger partial charge in [0.2, 0.25) is 17.8 Å². The average Bonchev–Trinajstić information content (AvgIpc) is 2.47. The van der Waals surface area contributed by atoms with E-state index in [-0.39, 0.29) is 5.75 Å². The van der Waals surface area contributed by atoms with Crippen LogP contribution in [0.3, 0.4) is 0 Å². The largest absolute Gasteiger partial charge is 0.508 e. The van der Waals surface area contributed by atoms with Gasteiger partial charge in [0.25, 0.3) is 0 Å². The molecule has 0 spiro atoms. The van der Waals surface area contributed by atoms with E-state index in [1.165, 1.54) is 0 Å². The number of fused-ring (bicyclic) bond motifs is 1. The highest BCUT2D eigenvalue weighted by atomic mass is 16.5. The molecule has 7 nitrogen and oxygen atoms in total. The molecule has 0 saturated carbocycles. The zero-order chi connectivity index (χ0) is 15.7. The minimum Gasteiger partial charge on any atom is -0.508 e. The predicted molar refractivity (Wildman–Crippen MR) is 82.5 cm³/mol. The number of nitrogens with one attached hydrogen (secondary N) is 1. The Morgan fingerprint density at radius 3 is 2.55 bits per heavy atom.